The average molecular weight is 280 g/mol. The molecule has 0 atom stereocenters. The maximum Gasteiger partial charge on any atom is 0.373 e. The van der Waals surface area contributed by atoms with Crippen LogP contribution in [-0.2, 0) is 11.3 Å². The Hall–Kier alpha value is -1.33. The van der Waals surface area contributed by atoms with Crippen molar-refractivity contribution in [3.05, 3.63) is 23.7 Å². The lowest BCUT2D eigenvalue weighted by Crippen LogP contribution is -2.36. The van der Waals surface area contributed by atoms with E-state index >= 15 is 0 Å². The van der Waals surface area contributed by atoms with Crippen LogP contribution in [0.4, 0.5) is 0 Å². The molecular formula is C15H24N2O3. The van der Waals surface area contributed by atoms with Crippen molar-refractivity contribution in [1.29, 1.82) is 0 Å². The molecule has 5 heteroatoms. The Labute approximate surface area is 120 Å². The van der Waals surface area contributed by atoms with Crippen LogP contribution in [0.1, 0.15) is 36.1 Å². The molecule has 1 aliphatic heterocycles. The molecule has 2 heterocycles. The van der Waals surface area contributed by atoms with Crippen LogP contribution in [-0.4, -0.2) is 44.2 Å². The van der Waals surface area contributed by atoms with Gasteiger partial charge in [-0.1, -0.05) is 6.92 Å². The second kappa shape index (κ2) is 7.45. The molecule has 0 aromatic carbocycles. The van der Waals surface area contributed by atoms with E-state index in [4.69, 9.17) is 4.42 Å². The van der Waals surface area contributed by atoms with Gasteiger partial charge < -0.3 is 14.5 Å². The first-order chi connectivity index (χ1) is 9.72. The summed E-state index contributed by atoms with van der Waals surface area (Å²) in [5, 5.41) is 3.42. The molecule has 0 amide bonds. The highest BCUT2D eigenvalue weighted by Gasteiger charge is 2.20. The van der Waals surface area contributed by atoms with E-state index in [1.165, 1.54) is 20.0 Å². The number of rotatable bonds is 6. The number of carbonyl (C=O) groups is 1. The SMILES string of the molecule is CCNCC1CCN(Cc2ccc(C(=O)OC)o2)CC1. The fourth-order valence-electron chi connectivity index (χ4n) is 2.59. The molecule has 20 heavy (non-hydrogen) atoms. The van der Waals surface area contributed by atoms with E-state index < -0.39 is 5.97 Å². The van der Waals surface area contributed by atoms with Gasteiger partial charge in [0.15, 0.2) is 0 Å². The van der Waals surface area contributed by atoms with Gasteiger partial charge in [-0.05, 0) is 57.1 Å². The van der Waals surface area contributed by atoms with Crippen molar-refractivity contribution in [1.82, 2.24) is 10.2 Å². The maximum absolute atomic E-state index is 11.3. The van der Waals surface area contributed by atoms with Gasteiger partial charge in [0, 0.05) is 0 Å². The van der Waals surface area contributed by atoms with E-state index in [1.54, 1.807) is 6.07 Å². The second-order valence-corrected chi connectivity index (χ2v) is 5.28. The predicted octanol–water partition coefficient (Wildman–Crippen LogP) is 1.89. The van der Waals surface area contributed by atoms with Crippen LogP contribution < -0.4 is 5.32 Å². The number of nitrogens with zero attached hydrogens (tertiary/aromatic N) is 1. The Balaban J connectivity index is 1.77. The smallest absolute Gasteiger partial charge is 0.373 e. The molecule has 1 aromatic rings. The standard InChI is InChI=1S/C15H24N2O3/c1-3-16-10-12-6-8-17(9-7-12)11-13-4-5-14(20-13)15(18)19-2/h4-5,12,16H,3,6-11H2,1-2H3. The molecule has 0 bridgehead atoms. The summed E-state index contributed by atoms with van der Waals surface area (Å²) >= 11 is 0. The normalized spacial score (nSPS) is 17.3. The molecule has 0 unspecified atom stereocenters. The van der Waals surface area contributed by atoms with Gasteiger partial charge in [-0.2, -0.15) is 0 Å². The molecule has 0 aliphatic carbocycles. The van der Waals surface area contributed by atoms with E-state index in [0.29, 0.717) is 0 Å². The summed E-state index contributed by atoms with van der Waals surface area (Å²) in [6.45, 7) is 7.25. The second-order valence-electron chi connectivity index (χ2n) is 5.28. The first-order valence-corrected chi connectivity index (χ1v) is 7.33. The first-order valence-electron chi connectivity index (χ1n) is 7.33. The summed E-state index contributed by atoms with van der Waals surface area (Å²) < 4.78 is 10.1. The summed E-state index contributed by atoms with van der Waals surface area (Å²) in [5.41, 5.74) is 0. The highest BCUT2D eigenvalue weighted by atomic mass is 16.5. The third-order valence-electron chi connectivity index (χ3n) is 3.82. The number of carbonyl (C=O) groups excluding carboxylic acids is 1. The van der Waals surface area contributed by atoms with Crippen molar-refractivity contribution in [2.24, 2.45) is 5.92 Å². The van der Waals surface area contributed by atoms with Crippen LogP contribution in [0.2, 0.25) is 0 Å². The van der Waals surface area contributed by atoms with E-state index in [0.717, 1.165) is 44.4 Å². The van der Waals surface area contributed by atoms with Crippen LogP contribution in [0.5, 0.6) is 0 Å². The molecule has 0 saturated carbocycles. The van der Waals surface area contributed by atoms with Crippen LogP contribution in [0.15, 0.2) is 16.5 Å². The highest BCUT2D eigenvalue weighted by molar-refractivity contribution is 5.86. The Bertz CT molecular complexity index is 423. The van der Waals surface area contributed by atoms with Crippen LogP contribution in [0.25, 0.3) is 0 Å². The number of methoxy groups -OCH3 is 1. The zero-order valence-corrected chi connectivity index (χ0v) is 12.4. The molecule has 0 radical (unpaired) electrons. The molecule has 1 aromatic heterocycles. The van der Waals surface area contributed by atoms with Gasteiger partial charge in [-0.3, -0.25) is 4.90 Å². The molecular weight excluding hydrogens is 256 g/mol. The predicted molar refractivity (Wildman–Crippen MR) is 76.6 cm³/mol. The highest BCUT2D eigenvalue weighted by Crippen LogP contribution is 2.19. The fraction of sp³-hybridized carbons (Fsp3) is 0.667. The Kier molecular flexibility index (Phi) is 5.61. The molecule has 2 rings (SSSR count). The Morgan fingerprint density at radius 3 is 2.85 bits per heavy atom. The third kappa shape index (κ3) is 4.08. The number of hydrogen-bond acceptors (Lipinski definition) is 5. The lowest BCUT2D eigenvalue weighted by molar-refractivity contribution is 0.0560. The number of esters is 1. The molecule has 5 nitrogen and oxygen atoms in total. The fourth-order valence-corrected chi connectivity index (χ4v) is 2.59. The largest absolute Gasteiger partial charge is 0.463 e. The monoisotopic (exact) mass is 280 g/mol. The maximum atomic E-state index is 11.3. The Morgan fingerprint density at radius 2 is 2.20 bits per heavy atom. The van der Waals surface area contributed by atoms with Gasteiger partial charge in [0.25, 0.3) is 0 Å². The zero-order valence-electron chi connectivity index (χ0n) is 12.4. The molecule has 1 fully saturated rings. The summed E-state index contributed by atoms with van der Waals surface area (Å²) in [6, 6.07) is 3.54. The molecule has 1 N–H and O–H groups in total. The lowest BCUT2D eigenvalue weighted by atomic mass is 9.97. The summed E-state index contributed by atoms with van der Waals surface area (Å²) in [4.78, 5) is 13.7. The van der Waals surface area contributed by atoms with Crippen LogP contribution in [0, 0.1) is 5.92 Å². The number of ether oxygens (including phenoxy) is 1. The van der Waals surface area contributed by atoms with E-state index in [2.05, 4.69) is 21.9 Å². The zero-order chi connectivity index (χ0) is 14.4. The minimum atomic E-state index is -0.416. The van der Waals surface area contributed by atoms with Crippen LogP contribution in [0.3, 0.4) is 0 Å². The van der Waals surface area contributed by atoms with Gasteiger partial charge in [-0.25, -0.2) is 4.79 Å². The van der Waals surface area contributed by atoms with Gasteiger partial charge in [0.05, 0.1) is 13.7 Å². The summed E-state index contributed by atoms with van der Waals surface area (Å²) in [5.74, 6) is 1.48. The van der Waals surface area contributed by atoms with Gasteiger partial charge in [0.2, 0.25) is 5.76 Å². The van der Waals surface area contributed by atoms with Crippen LogP contribution >= 0.6 is 0 Å². The minimum Gasteiger partial charge on any atom is -0.463 e. The molecule has 1 saturated heterocycles. The van der Waals surface area contributed by atoms with Crippen molar-refractivity contribution in [2.45, 2.75) is 26.3 Å². The van der Waals surface area contributed by atoms with Crippen molar-refractivity contribution < 1.29 is 13.9 Å². The molecule has 112 valence electrons. The quantitative estimate of drug-likeness (QED) is 0.806. The third-order valence-corrected chi connectivity index (χ3v) is 3.82. The van der Waals surface area contributed by atoms with Gasteiger partial charge >= 0.3 is 5.97 Å². The number of hydrogen-bond donors (Lipinski definition) is 1. The molecule has 0 spiro atoms. The van der Waals surface area contributed by atoms with Gasteiger partial charge in [-0.15, -0.1) is 0 Å². The lowest BCUT2D eigenvalue weighted by Gasteiger charge is -2.31. The first kappa shape index (κ1) is 15.1. The number of piperidine rings is 1. The van der Waals surface area contributed by atoms with Crippen molar-refractivity contribution in [3.63, 3.8) is 0 Å². The van der Waals surface area contributed by atoms with E-state index in [1.807, 2.05) is 6.07 Å². The van der Waals surface area contributed by atoms with Crippen molar-refractivity contribution in [3.8, 4) is 0 Å². The summed E-state index contributed by atoms with van der Waals surface area (Å²) in [6.07, 6.45) is 2.44. The minimum absolute atomic E-state index is 0.282. The van der Waals surface area contributed by atoms with Crippen molar-refractivity contribution in [2.75, 3.05) is 33.3 Å². The van der Waals surface area contributed by atoms with E-state index in [-0.39, 0.29) is 5.76 Å². The number of furan rings is 1. The number of nitrogens with one attached hydrogen (secondary N) is 1. The van der Waals surface area contributed by atoms with E-state index in [9.17, 15) is 4.79 Å². The molecule has 1 aliphatic rings. The topological polar surface area (TPSA) is 54.7 Å². The van der Waals surface area contributed by atoms with Gasteiger partial charge in [0.1, 0.15) is 5.76 Å². The summed E-state index contributed by atoms with van der Waals surface area (Å²) in [7, 11) is 1.36. The van der Waals surface area contributed by atoms with Crippen molar-refractivity contribution >= 4 is 5.97 Å². The average Bonchev–Trinajstić information content (AvgIpc) is 2.94. The Morgan fingerprint density at radius 1 is 1.45 bits per heavy atom. The number of likely N-dealkylation sites (tertiary alicyclic amines) is 1.